The van der Waals surface area contributed by atoms with Gasteiger partial charge in [-0.2, -0.15) is 5.10 Å². The fourth-order valence-electron chi connectivity index (χ4n) is 2.08. The lowest BCUT2D eigenvalue weighted by atomic mass is 10.2. The van der Waals surface area contributed by atoms with E-state index in [9.17, 15) is 14.4 Å². The first kappa shape index (κ1) is 20.7. The van der Waals surface area contributed by atoms with E-state index >= 15 is 0 Å². The predicted molar refractivity (Wildman–Crippen MR) is 103 cm³/mol. The summed E-state index contributed by atoms with van der Waals surface area (Å²) in [5, 5.41) is 12.1. The van der Waals surface area contributed by atoms with Gasteiger partial charge in [-0.05, 0) is 37.1 Å². The molecule has 1 aromatic carbocycles. The lowest BCUT2D eigenvalue weighted by Crippen LogP contribution is -2.38. The summed E-state index contributed by atoms with van der Waals surface area (Å²) >= 11 is 0. The third-order valence-electron chi connectivity index (χ3n) is 3.50. The fourth-order valence-corrected chi connectivity index (χ4v) is 2.08. The number of aromatic amines is 2. The molecule has 1 atom stereocenters. The molecule has 0 unspecified atom stereocenters. The minimum absolute atomic E-state index is 0.182. The van der Waals surface area contributed by atoms with Gasteiger partial charge in [-0.3, -0.25) is 14.6 Å². The molecule has 150 valence electrons. The van der Waals surface area contributed by atoms with E-state index in [2.05, 4.69) is 26.0 Å². The number of aromatic nitrogens is 3. The molecule has 0 aliphatic heterocycles. The Morgan fingerprint density at radius 2 is 2.14 bits per heavy atom. The first-order chi connectivity index (χ1) is 13.4. The molecule has 0 saturated carbocycles. The van der Waals surface area contributed by atoms with Crippen molar-refractivity contribution in [2.75, 3.05) is 19.0 Å². The van der Waals surface area contributed by atoms with Crippen LogP contribution in [0.4, 0.5) is 5.82 Å². The van der Waals surface area contributed by atoms with E-state index in [1.165, 1.54) is 20.2 Å². The molecule has 4 N–H and O–H groups in total. The highest BCUT2D eigenvalue weighted by molar-refractivity contribution is 5.86. The molecule has 2 aromatic rings. The molecule has 2 rings (SSSR count). The molecule has 1 aromatic heterocycles. The summed E-state index contributed by atoms with van der Waals surface area (Å²) in [6, 6.07) is 4.44. The number of nitrogens with zero attached hydrogens (tertiary/aromatic N) is 2. The van der Waals surface area contributed by atoms with Gasteiger partial charge < -0.3 is 14.8 Å². The van der Waals surface area contributed by atoms with Gasteiger partial charge in [0.1, 0.15) is 6.04 Å². The number of hydrazone groups is 1. The van der Waals surface area contributed by atoms with Crippen LogP contribution in [0.1, 0.15) is 25.8 Å². The molecule has 0 fully saturated rings. The second kappa shape index (κ2) is 9.90. The second-order valence-electron chi connectivity index (χ2n) is 5.71. The first-order valence-corrected chi connectivity index (χ1v) is 8.54. The maximum Gasteiger partial charge on any atom is 0.342 e. The van der Waals surface area contributed by atoms with Crippen molar-refractivity contribution in [1.82, 2.24) is 20.6 Å². The Balaban J connectivity index is 1.96. The van der Waals surface area contributed by atoms with Gasteiger partial charge in [0, 0.05) is 0 Å². The highest BCUT2D eigenvalue weighted by Gasteiger charge is 2.14. The average Bonchev–Trinajstić information content (AvgIpc) is 2.68. The molecule has 28 heavy (non-hydrogen) atoms. The van der Waals surface area contributed by atoms with Crippen molar-refractivity contribution in [2.24, 2.45) is 5.10 Å². The smallest absolute Gasteiger partial charge is 0.342 e. The number of hydrogen-bond acceptors (Lipinski definition) is 8. The summed E-state index contributed by atoms with van der Waals surface area (Å²) in [4.78, 5) is 36.6. The zero-order valence-corrected chi connectivity index (χ0v) is 15.7. The number of benzene rings is 1. The van der Waals surface area contributed by atoms with Crippen molar-refractivity contribution in [3.05, 3.63) is 44.6 Å². The zero-order valence-electron chi connectivity index (χ0n) is 15.7. The standard InChI is InChI=1S/C17H22N6O5/c1-4-7-28-12-6-5-11(8-13(12)27-3)9-18-22-15(24)10(2)19-14-16(25)20-17(26)23-21-14/h5-6,8-10H,4,7H2,1-3H3,(H,19,21)(H,22,24)(H2,20,23,25,26)/b18-9+/t10-/m1/s1. The number of H-pyrrole nitrogens is 2. The summed E-state index contributed by atoms with van der Waals surface area (Å²) in [5.74, 6) is 0.501. The number of amides is 1. The van der Waals surface area contributed by atoms with Crippen molar-refractivity contribution in [1.29, 1.82) is 0 Å². The molecule has 1 heterocycles. The van der Waals surface area contributed by atoms with Gasteiger partial charge in [0.05, 0.1) is 19.9 Å². The highest BCUT2D eigenvalue weighted by atomic mass is 16.5. The molecule has 0 aliphatic rings. The Kier molecular flexibility index (Phi) is 7.31. The number of carbonyl (C=O) groups excluding carboxylic acids is 1. The molecule has 0 saturated heterocycles. The van der Waals surface area contributed by atoms with Crippen molar-refractivity contribution in [3.63, 3.8) is 0 Å². The van der Waals surface area contributed by atoms with Crippen LogP contribution in [0.2, 0.25) is 0 Å². The molecule has 0 radical (unpaired) electrons. The number of hydrogen-bond donors (Lipinski definition) is 4. The average molecular weight is 390 g/mol. The molecule has 0 bridgehead atoms. The van der Waals surface area contributed by atoms with Crippen molar-refractivity contribution < 1.29 is 14.3 Å². The molecular formula is C17H22N6O5. The van der Waals surface area contributed by atoms with Crippen LogP contribution in [0.25, 0.3) is 0 Å². The topological polar surface area (TPSA) is 151 Å². The predicted octanol–water partition coefficient (Wildman–Crippen LogP) is 0.206. The van der Waals surface area contributed by atoms with Crippen LogP contribution in [0.5, 0.6) is 11.5 Å². The van der Waals surface area contributed by atoms with Gasteiger partial charge in [-0.25, -0.2) is 15.3 Å². The van der Waals surface area contributed by atoms with Gasteiger partial charge in [0.25, 0.3) is 11.5 Å². The summed E-state index contributed by atoms with van der Waals surface area (Å²) < 4.78 is 10.9. The third kappa shape index (κ3) is 5.69. The minimum atomic E-state index is -0.823. The minimum Gasteiger partial charge on any atom is -0.493 e. The van der Waals surface area contributed by atoms with E-state index in [0.717, 1.165) is 6.42 Å². The number of anilines is 1. The van der Waals surface area contributed by atoms with Gasteiger partial charge in [-0.15, -0.1) is 5.10 Å². The molecule has 11 nitrogen and oxygen atoms in total. The summed E-state index contributed by atoms with van der Waals surface area (Å²) in [5.41, 5.74) is 1.58. The molecule has 1 amide bonds. The van der Waals surface area contributed by atoms with E-state index in [1.54, 1.807) is 18.2 Å². The zero-order chi connectivity index (χ0) is 20.5. The quantitative estimate of drug-likeness (QED) is 0.353. The van der Waals surface area contributed by atoms with Crippen LogP contribution >= 0.6 is 0 Å². The lowest BCUT2D eigenvalue weighted by molar-refractivity contribution is -0.121. The Bertz CT molecular complexity index is 952. The first-order valence-electron chi connectivity index (χ1n) is 8.54. The lowest BCUT2D eigenvalue weighted by Gasteiger charge is -2.11. The maximum atomic E-state index is 12.1. The van der Waals surface area contributed by atoms with E-state index < -0.39 is 23.2 Å². The number of nitrogens with one attached hydrogen (secondary N) is 4. The van der Waals surface area contributed by atoms with Crippen molar-refractivity contribution in [2.45, 2.75) is 26.3 Å². The SMILES string of the molecule is CCCOc1ccc(/C=N/NC(=O)[C@@H](C)Nc2n[nH]c(=O)[nH]c2=O)cc1OC. The number of rotatable bonds is 9. The largest absolute Gasteiger partial charge is 0.493 e. The Hall–Kier alpha value is -3.63. The summed E-state index contributed by atoms with van der Waals surface area (Å²) in [6.07, 6.45) is 2.33. The van der Waals surface area contributed by atoms with Crippen LogP contribution in [0.15, 0.2) is 32.9 Å². The Morgan fingerprint density at radius 1 is 1.36 bits per heavy atom. The van der Waals surface area contributed by atoms with Crippen molar-refractivity contribution >= 4 is 17.9 Å². The summed E-state index contributed by atoms with van der Waals surface area (Å²) in [7, 11) is 1.54. The van der Waals surface area contributed by atoms with Crippen LogP contribution < -0.4 is 31.5 Å². The van der Waals surface area contributed by atoms with Crippen LogP contribution in [0, 0.1) is 0 Å². The normalized spacial score (nSPS) is 11.8. The number of methoxy groups -OCH3 is 1. The van der Waals surface area contributed by atoms with Gasteiger partial charge in [0.2, 0.25) is 5.82 Å². The van der Waals surface area contributed by atoms with Gasteiger partial charge in [0.15, 0.2) is 11.5 Å². The fraction of sp³-hybridized carbons (Fsp3) is 0.353. The summed E-state index contributed by atoms with van der Waals surface area (Å²) in [6.45, 7) is 4.10. The van der Waals surface area contributed by atoms with Crippen LogP contribution in [-0.2, 0) is 4.79 Å². The van der Waals surface area contributed by atoms with E-state index in [1.807, 2.05) is 11.9 Å². The Morgan fingerprint density at radius 3 is 2.82 bits per heavy atom. The van der Waals surface area contributed by atoms with E-state index in [4.69, 9.17) is 9.47 Å². The van der Waals surface area contributed by atoms with Gasteiger partial charge in [-0.1, -0.05) is 6.92 Å². The molecule has 11 heteroatoms. The number of carbonyl (C=O) groups is 1. The van der Waals surface area contributed by atoms with Gasteiger partial charge >= 0.3 is 5.69 Å². The number of ether oxygens (including phenoxy) is 2. The van der Waals surface area contributed by atoms with Crippen molar-refractivity contribution in [3.8, 4) is 11.5 Å². The second-order valence-corrected chi connectivity index (χ2v) is 5.71. The molecular weight excluding hydrogens is 368 g/mol. The van der Waals surface area contributed by atoms with Crippen LogP contribution in [0.3, 0.4) is 0 Å². The van der Waals surface area contributed by atoms with E-state index in [-0.39, 0.29) is 5.82 Å². The van der Waals surface area contributed by atoms with Crippen LogP contribution in [-0.4, -0.2) is 47.1 Å². The monoisotopic (exact) mass is 390 g/mol. The highest BCUT2D eigenvalue weighted by Crippen LogP contribution is 2.27. The Labute approximate surface area is 160 Å². The molecule has 0 spiro atoms. The maximum absolute atomic E-state index is 12.1. The molecule has 0 aliphatic carbocycles. The van der Waals surface area contributed by atoms with E-state index in [0.29, 0.717) is 23.7 Å². The third-order valence-corrected chi connectivity index (χ3v) is 3.50.